The molecule has 4 heteroatoms. The molecule has 0 bridgehead atoms. The summed E-state index contributed by atoms with van der Waals surface area (Å²) in [5.74, 6) is -0.410. The lowest BCUT2D eigenvalue weighted by Gasteiger charge is -1.99. The minimum atomic E-state index is -0.410. The lowest BCUT2D eigenvalue weighted by molar-refractivity contribution is 0.112. The van der Waals surface area contributed by atoms with Gasteiger partial charge in [-0.1, -0.05) is 0 Å². The van der Waals surface area contributed by atoms with Crippen molar-refractivity contribution in [3.63, 3.8) is 0 Å². The van der Waals surface area contributed by atoms with Gasteiger partial charge in [-0.3, -0.25) is 4.79 Å². The first-order chi connectivity index (χ1) is 5.16. The molecule has 0 aliphatic heterocycles. The fourth-order valence-corrected chi connectivity index (χ4v) is 2.04. The summed E-state index contributed by atoms with van der Waals surface area (Å²) in [4.78, 5) is 10.4. The van der Waals surface area contributed by atoms with Crippen LogP contribution in [0.4, 0.5) is 4.39 Å². The predicted molar refractivity (Wildman–Crippen MR) is 52.2 cm³/mol. The molecule has 0 aliphatic carbocycles. The first-order valence-corrected chi connectivity index (χ1v) is 4.62. The van der Waals surface area contributed by atoms with Gasteiger partial charge in [-0.25, -0.2) is 4.39 Å². The molecule has 0 aromatic heterocycles. The third-order valence-corrected chi connectivity index (χ3v) is 2.94. The Balaban J connectivity index is 3.40. The molecule has 0 N–H and O–H groups in total. The maximum atomic E-state index is 12.7. The van der Waals surface area contributed by atoms with Crippen LogP contribution in [0.2, 0.25) is 0 Å². The summed E-state index contributed by atoms with van der Waals surface area (Å²) in [5, 5.41) is 0. The Labute approximate surface area is 85.3 Å². The van der Waals surface area contributed by atoms with E-state index >= 15 is 0 Å². The first kappa shape index (κ1) is 9.12. The molecular weight excluding hydrogens is 326 g/mol. The van der Waals surface area contributed by atoms with E-state index in [9.17, 15) is 9.18 Å². The van der Waals surface area contributed by atoms with Crippen molar-refractivity contribution in [1.82, 2.24) is 0 Å². The summed E-state index contributed by atoms with van der Waals surface area (Å²) >= 11 is 4.95. The van der Waals surface area contributed by atoms with Crippen molar-refractivity contribution in [2.24, 2.45) is 0 Å². The Hall–Kier alpha value is 0.0300. The lowest BCUT2D eigenvalue weighted by atomic mass is 10.2. The molecule has 11 heavy (non-hydrogen) atoms. The molecule has 0 radical (unpaired) electrons. The van der Waals surface area contributed by atoms with E-state index in [4.69, 9.17) is 0 Å². The van der Waals surface area contributed by atoms with Gasteiger partial charge in [0.25, 0.3) is 0 Å². The summed E-state index contributed by atoms with van der Waals surface area (Å²) in [6.45, 7) is 0. The van der Waals surface area contributed by atoms with Gasteiger partial charge in [-0.2, -0.15) is 0 Å². The van der Waals surface area contributed by atoms with Crippen LogP contribution < -0.4 is 0 Å². The lowest BCUT2D eigenvalue weighted by Crippen LogP contribution is -1.90. The third kappa shape index (κ3) is 1.79. The van der Waals surface area contributed by atoms with Crippen LogP contribution >= 0.6 is 38.5 Å². The number of rotatable bonds is 1. The van der Waals surface area contributed by atoms with E-state index < -0.39 is 5.82 Å². The van der Waals surface area contributed by atoms with Gasteiger partial charge in [0.05, 0.1) is 4.47 Å². The molecule has 0 fully saturated rings. The minimum Gasteiger partial charge on any atom is -0.298 e. The Morgan fingerprint density at radius 3 is 2.64 bits per heavy atom. The van der Waals surface area contributed by atoms with Crippen LogP contribution in [-0.2, 0) is 0 Å². The average molecular weight is 329 g/mol. The van der Waals surface area contributed by atoms with Crippen LogP contribution in [-0.4, -0.2) is 6.29 Å². The molecule has 1 aromatic carbocycles. The molecule has 0 saturated heterocycles. The van der Waals surface area contributed by atoms with E-state index in [1.54, 1.807) is 6.07 Å². The highest BCUT2D eigenvalue weighted by molar-refractivity contribution is 14.1. The number of halogens is 3. The summed E-state index contributed by atoms with van der Waals surface area (Å²) in [5.41, 5.74) is 0.366. The van der Waals surface area contributed by atoms with Gasteiger partial charge < -0.3 is 0 Å². The van der Waals surface area contributed by atoms with E-state index in [1.165, 1.54) is 6.07 Å². The van der Waals surface area contributed by atoms with Crippen molar-refractivity contribution in [2.75, 3.05) is 0 Å². The standard InChI is InChI=1S/C7H3BrFIO/c8-7-4(3-11)6(10)2-1-5(7)9/h1-3H. The Kier molecular flexibility index (Phi) is 3.00. The molecule has 0 heterocycles. The zero-order chi connectivity index (χ0) is 8.43. The molecule has 1 rings (SSSR count). The molecule has 0 atom stereocenters. The molecular formula is C7H3BrFIO. The molecule has 0 spiro atoms. The number of benzene rings is 1. The first-order valence-electron chi connectivity index (χ1n) is 2.75. The average Bonchev–Trinajstić information content (AvgIpc) is 1.99. The Morgan fingerprint density at radius 2 is 2.18 bits per heavy atom. The smallest absolute Gasteiger partial charge is 0.152 e. The van der Waals surface area contributed by atoms with Crippen LogP contribution in [0, 0.1) is 9.39 Å². The van der Waals surface area contributed by atoms with Gasteiger partial charge in [0.15, 0.2) is 6.29 Å². The van der Waals surface area contributed by atoms with E-state index in [0.29, 0.717) is 11.8 Å². The van der Waals surface area contributed by atoms with Crippen molar-refractivity contribution in [3.8, 4) is 0 Å². The van der Waals surface area contributed by atoms with Gasteiger partial charge >= 0.3 is 0 Å². The maximum absolute atomic E-state index is 12.7. The number of hydrogen-bond acceptors (Lipinski definition) is 1. The van der Waals surface area contributed by atoms with Crippen molar-refractivity contribution in [2.45, 2.75) is 0 Å². The quantitative estimate of drug-likeness (QED) is 0.440. The van der Waals surface area contributed by atoms with Gasteiger partial charge in [-0.05, 0) is 50.7 Å². The van der Waals surface area contributed by atoms with Crippen LogP contribution in [0.25, 0.3) is 0 Å². The van der Waals surface area contributed by atoms with Crippen LogP contribution in [0.1, 0.15) is 10.4 Å². The predicted octanol–water partition coefficient (Wildman–Crippen LogP) is 3.01. The second kappa shape index (κ2) is 3.62. The molecule has 1 aromatic rings. The van der Waals surface area contributed by atoms with Gasteiger partial charge in [0.1, 0.15) is 5.82 Å². The monoisotopic (exact) mass is 328 g/mol. The van der Waals surface area contributed by atoms with Crippen LogP contribution in [0.15, 0.2) is 16.6 Å². The largest absolute Gasteiger partial charge is 0.298 e. The summed E-state index contributed by atoms with van der Waals surface area (Å²) in [7, 11) is 0. The highest BCUT2D eigenvalue weighted by atomic mass is 127. The van der Waals surface area contributed by atoms with E-state index in [2.05, 4.69) is 15.9 Å². The third-order valence-electron chi connectivity index (χ3n) is 1.20. The van der Waals surface area contributed by atoms with Gasteiger partial charge in [0, 0.05) is 9.13 Å². The maximum Gasteiger partial charge on any atom is 0.152 e. The number of carbonyl (C=O) groups excluding carboxylic acids is 1. The van der Waals surface area contributed by atoms with E-state index in [-0.39, 0.29) is 4.47 Å². The normalized spacial score (nSPS) is 9.73. The summed E-state index contributed by atoms with van der Waals surface area (Å²) in [6, 6.07) is 2.88. The van der Waals surface area contributed by atoms with Crippen molar-refractivity contribution < 1.29 is 9.18 Å². The fraction of sp³-hybridized carbons (Fsp3) is 0. The van der Waals surface area contributed by atoms with E-state index in [1.807, 2.05) is 22.6 Å². The van der Waals surface area contributed by atoms with E-state index in [0.717, 1.165) is 3.57 Å². The van der Waals surface area contributed by atoms with Crippen LogP contribution in [0.3, 0.4) is 0 Å². The summed E-state index contributed by atoms with van der Waals surface area (Å²) in [6.07, 6.45) is 0.634. The van der Waals surface area contributed by atoms with Crippen LogP contribution in [0.5, 0.6) is 0 Å². The van der Waals surface area contributed by atoms with Crippen molar-refractivity contribution in [1.29, 1.82) is 0 Å². The Bertz CT molecular complexity index is 301. The second-order valence-electron chi connectivity index (χ2n) is 1.87. The number of aldehydes is 1. The SMILES string of the molecule is O=Cc1c(I)ccc(F)c1Br. The van der Waals surface area contributed by atoms with Crippen molar-refractivity contribution in [3.05, 3.63) is 31.6 Å². The molecule has 1 nitrogen and oxygen atoms in total. The molecule has 58 valence electrons. The number of carbonyl (C=O) groups is 1. The van der Waals surface area contributed by atoms with Gasteiger partial charge in [0.2, 0.25) is 0 Å². The minimum absolute atomic E-state index is 0.236. The molecule has 0 unspecified atom stereocenters. The zero-order valence-electron chi connectivity index (χ0n) is 5.27. The number of hydrogen-bond donors (Lipinski definition) is 0. The topological polar surface area (TPSA) is 17.1 Å². The molecule has 0 aliphatic rings. The molecule has 0 saturated carbocycles. The van der Waals surface area contributed by atoms with Crippen molar-refractivity contribution >= 4 is 44.8 Å². The van der Waals surface area contributed by atoms with Gasteiger partial charge in [-0.15, -0.1) is 0 Å². The highest BCUT2D eigenvalue weighted by Crippen LogP contribution is 2.23. The zero-order valence-corrected chi connectivity index (χ0v) is 9.02. The highest BCUT2D eigenvalue weighted by Gasteiger charge is 2.07. The molecule has 0 amide bonds. The Morgan fingerprint density at radius 1 is 1.55 bits per heavy atom. The summed E-state index contributed by atoms with van der Waals surface area (Å²) < 4.78 is 13.7. The second-order valence-corrected chi connectivity index (χ2v) is 3.83. The fourth-order valence-electron chi connectivity index (χ4n) is 0.651.